The van der Waals surface area contributed by atoms with Crippen LogP contribution in [0.2, 0.25) is 0 Å². The Hall–Kier alpha value is -0.960. The third-order valence-corrected chi connectivity index (χ3v) is 3.94. The van der Waals surface area contributed by atoms with E-state index in [0.29, 0.717) is 11.0 Å². The van der Waals surface area contributed by atoms with Gasteiger partial charge in [-0.25, -0.2) is 4.58 Å². The highest BCUT2D eigenvalue weighted by Crippen LogP contribution is 2.27. The van der Waals surface area contributed by atoms with Gasteiger partial charge in [0.15, 0.2) is 6.54 Å². The average Bonchev–Trinajstić information content (AvgIpc) is 2.45. The minimum atomic E-state index is 0.343. The van der Waals surface area contributed by atoms with Gasteiger partial charge >= 0.3 is 0 Å². The first-order valence-corrected chi connectivity index (χ1v) is 6.00. The molecule has 0 unspecified atom stereocenters. The standard InChI is InChI=1S/C12H15NOS/c1-8-6-10(14)4-5-11(8)12-13(3)7-9(2)15-12/h4-6,9H,7H2,1-3H3/p+1/t9-/m1/s1. The Morgan fingerprint density at radius 3 is 2.73 bits per heavy atom. The fourth-order valence-electron chi connectivity index (χ4n) is 1.94. The molecule has 0 amide bonds. The van der Waals surface area contributed by atoms with Gasteiger partial charge in [0, 0.05) is 0 Å². The van der Waals surface area contributed by atoms with Gasteiger partial charge in [-0.1, -0.05) is 0 Å². The Morgan fingerprint density at radius 1 is 1.47 bits per heavy atom. The van der Waals surface area contributed by atoms with Crippen molar-refractivity contribution >= 4 is 16.8 Å². The van der Waals surface area contributed by atoms with Gasteiger partial charge in [-0.15, -0.1) is 0 Å². The zero-order chi connectivity index (χ0) is 11.0. The van der Waals surface area contributed by atoms with Gasteiger partial charge in [-0.05, 0) is 49.4 Å². The highest BCUT2D eigenvalue weighted by Gasteiger charge is 2.28. The van der Waals surface area contributed by atoms with E-state index in [1.54, 1.807) is 6.07 Å². The predicted molar refractivity (Wildman–Crippen MR) is 65.1 cm³/mol. The van der Waals surface area contributed by atoms with Crippen molar-refractivity contribution in [2.75, 3.05) is 13.6 Å². The van der Waals surface area contributed by atoms with Crippen LogP contribution in [0, 0.1) is 6.92 Å². The highest BCUT2D eigenvalue weighted by molar-refractivity contribution is 8.14. The average molecular weight is 222 g/mol. The number of rotatable bonds is 1. The van der Waals surface area contributed by atoms with Crippen molar-refractivity contribution in [2.45, 2.75) is 19.1 Å². The van der Waals surface area contributed by atoms with Gasteiger partial charge in [-0.3, -0.25) is 0 Å². The minimum absolute atomic E-state index is 0.343. The Labute approximate surface area is 94.6 Å². The molecule has 2 rings (SSSR count). The second-order valence-electron chi connectivity index (χ2n) is 4.11. The lowest BCUT2D eigenvalue weighted by atomic mass is 10.1. The number of nitrogens with zero attached hydrogens (tertiary/aromatic N) is 1. The zero-order valence-corrected chi connectivity index (χ0v) is 10.1. The van der Waals surface area contributed by atoms with Crippen LogP contribution in [0.5, 0.6) is 5.75 Å². The molecule has 80 valence electrons. The van der Waals surface area contributed by atoms with Crippen LogP contribution in [0.3, 0.4) is 0 Å². The molecule has 1 heterocycles. The van der Waals surface area contributed by atoms with Gasteiger partial charge in [0.1, 0.15) is 12.8 Å². The summed E-state index contributed by atoms with van der Waals surface area (Å²) in [4.78, 5) is 0. The third-order valence-electron chi connectivity index (χ3n) is 2.63. The van der Waals surface area contributed by atoms with E-state index in [1.165, 1.54) is 10.6 Å². The van der Waals surface area contributed by atoms with E-state index in [9.17, 15) is 5.11 Å². The van der Waals surface area contributed by atoms with Crippen LogP contribution in [-0.2, 0) is 0 Å². The topological polar surface area (TPSA) is 23.2 Å². The molecular formula is C12H16NOS+. The predicted octanol–water partition coefficient (Wildman–Crippen LogP) is 2.22. The maximum atomic E-state index is 9.37. The summed E-state index contributed by atoms with van der Waals surface area (Å²) < 4.78 is 2.29. The summed E-state index contributed by atoms with van der Waals surface area (Å²) in [5.74, 6) is 0.343. The van der Waals surface area contributed by atoms with Gasteiger partial charge < -0.3 is 5.11 Å². The quantitative estimate of drug-likeness (QED) is 0.736. The number of aromatic hydroxyl groups is 1. The summed E-state index contributed by atoms with van der Waals surface area (Å²) in [7, 11) is 2.12. The van der Waals surface area contributed by atoms with Crippen molar-refractivity contribution < 1.29 is 9.68 Å². The van der Waals surface area contributed by atoms with Crippen LogP contribution >= 0.6 is 11.8 Å². The molecule has 1 aliphatic heterocycles. The molecule has 1 aliphatic rings. The molecule has 0 aliphatic carbocycles. The van der Waals surface area contributed by atoms with E-state index in [-0.39, 0.29) is 0 Å². The SMILES string of the molecule is Cc1cc(O)ccc1C1=[N+](C)C[C@@H](C)S1. The fourth-order valence-corrected chi connectivity index (χ4v) is 3.23. The van der Waals surface area contributed by atoms with Crippen molar-refractivity contribution in [2.24, 2.45) is 0 Å². The van der Waals surface area contributed by atoms with E-state index in [1.807, 2.05) is 30.8 Å². The third kappa shape index (κ3) is 2.02. The van der Waals surface area contributed by atoms with Crippen molar-refractivity contribution in [1.29, 1.82) is 0 Å². The molecule has 1 atom stereocenters. The summed E-state index contributed by atoms with van der Waals surface area (Å²) in [5.41, 5.74) is 2.38. The molecule has 0 saturated heterocycles. The van der Waals surface area contributed by atoms with Crippen molar-refractivity contribution in [3.63, 3.8) is 0 Å². The first-order valence-electron chi connectivity index (χ1n) is 5.12. The molecule has 0 saturated carbocycles. The molecule has 1 N–H and O–H groups in total. The first kappa shape index (κ1) is 10.6. The second-order valence-corrected chi connectivity index (χ2v) is 5.54. The van der Waals surface area contributed by atoms with Gasteiger partial charge in [0.05, 0.1) is 10.8 Å². The minimum Gasteiger partial charge on any atom is -0.508 e. The molecule has 0 fully saturated rings. The normalized spacial score (nSPS) is 21.1. The monoisotopic (exact) mass is 222 g/mol. The summed E-state index contributed by atoms with van der Waals surface area (Å²) in [6.07, 6.45) is 0. The Bertz CT molecular complexity index is 426. The Morgan fingerprint density at radius 2 is 2.20 bits per heavy atom. The number of hydrogen-bond donors (Lipinski definition) is 1. The van der Waals surface area contributed by atoms with Crippen LogP contribution in [0.25, 0.3) is 0 Å². The number of aryl methyl sites for hydroxylation is 1. The molecule has 3 heteroatoms. The van der Waals surface area contributed by atoms with Crippen LogP contribution in [0.15, 0.2) is 18.2 Å². The lowest BCUT2D eigenvalue weighted by Gasteiger charge is -2.03. The number of thioether (sulfide) groups is 1. The number of benzene rings is 1. The largest absolute Gasteiger partial charge is 0.508 e. The van der Waals surface area contributed by atoms with Gasteiger partial charge in [0.25, 0.3) is 0 Å². The maximum absolute atomic E-state index is 9.37. The van der Waals surface area contributed by atoms with E-state index in [2.05, 4.69) is 18.5 Å². The van der Waals surface area contributed by atoms with Crippen LogP contribution in [0.1, 0.15) is 18.1 Å². The molecule has 15 heavy (non-hydrogen) atoms. The van der Waals surface area contributed by atoms with E-state index >= 15 is 0 Å². The Kier molecular flexibility index (Phi) is 2.74. The fraction of sp³-hybridized carbons (Fsp3) is 0.417. The van der Waals surface area contributed by atoms with Crippen LogP contribution < -0.4 is 0 Å². The number of hydrogen-bond acceptors (Lipinski definition) is 2. The molecule has 0 aromatic heterocycles. The molecule has 1 aromatic rings. The summed E-state index contributed by atoms with van der Waals surface area (Å²) >= 11 is 1.91. The molecule has 0 bridgehead atoms. The summed E-state index contributed by atoms with van der Waals surface area (Å²) in [6, 6.07) is 5.58. The van der Waals surface area contributed by atoms with E-state index < -0.39 is 0 Å². The molecule has 0 radical (unpaired) electrons. The van der Waals surface area contributed by atoms with Gasteiger partial charge in [0.2, 0.25) is 5.04 Å². The van der Waals surface area contributed by atoms with Crippen LogP contribution in [-0.4, -0.2) is 33.6 Å². The van der Waals surface area contributed by atoms with Crippen molar-refractivity contribution in [3.05, 3.63) is 29.3 Å². The number of phenols is 1. The lowest BCUT2D eigenvalue weighted by molar-refractivity contribution is -0.489. The smallest absolute Gasteiger partial charge is 0.242 e. The highest BCUT2D eigenvalue weighted by atomic mass is 32.2. The summed E-state index contributed by atoms with van der Waals surface area (Å²) in [5, 5.41) is 11.3. The Balaban J connectivity index is 2.42. The van der Waals surface area contributed by atoms with E-state index in [4.69, 9.17) is 0 Å². The van der Waals surface area contributed by atoms with Crippen molar-refractivity contribution in [3.8, 4) is 5.75 Å². The second kappa shape index (κ2) is 3.89. The summed E-state index contributed by atoms with van der Waals surface area (Å²) in [6.45, 7) is 5.38. The molecule has 1 aromatic carbocycles. The lowest BCUT2D eigenvalue weighted by Crippen LogP contribution is -2.12. The van der Waals surface area contributed by atoms with Crippen LogP contribution in [0.4, 0.5) is 0 Å². The van der Waals surface area contributed by atoms with E-state index in [0.717, 1.165) is 12.1 Å². The van der Waals surface area contributed by atoms with Crippen molar-refractivity contribution in [1.82, 2.24) is 0 Å². The maximum Gasteiger partial charge on any atom is 0.242 e. The molecule has 0 spiro atoms. The van der Waals surface area contributed by atoms with Gasteiger partial charge in [-0.2, -0.15) is 0 Å². The molecular weight excluding hydrogens is 206 g/mol. The zero-order valence-electron chi connectivity index (χ0n) is 9.32. The molecule has 2 nitrogen and oxygen atoms in total. The number of phenolic OH excluding ortho intramolecular Hbond substituents is 1. The first-order chi connectivity index (χ1) is 7.08.